The predicted octanol–water partition coefficient (Wildman–Crippen LogP) is 6.28. The van der Waals surface area contributed by atoms with E-state index in [2.05, 4.69) is 60.2 Å². The van der Waals surface area contributed by atoms with E-state index >= 15 is 0 Å². The van der Waals surface area contributed by atoms with Crippen LogP contribution < -0.4 is 0 Å². The molecule has 3 aromatic rings. The van der Waals surface area contributed by atoms with Gasteiger partial charge in [-0.2, -0.15) is 0 Å². The van der Waals surface area contributed by atoms with Crippen molar-refractivity contribution < 1.29 is 5.11 Å². The largest absolute Gasteiger partial charge is 0.385 e. The van der Waals surface area contributed by atoms with Gasteiger partial charge in [-0.1, -0.05) is 63.8 Å². The Morgan fingerprint density at radius 3 is 2.46 bits per heavy atom. The Morgan fingerprint density at radius 1 is 1.11 bits per heavy atom. The zero-order valence-corrected chi connectivity index (χ0v) is 17.1. The van der Waals surface area contributed by atoms with Crippen LogP contribution in [0.15, 0.2) is 48.7 Å². The lowest BCUT2D eigenvalue weighted by Crippen LogP contribution is -2.23. The van der Waals surface area contributed by atoms with Gasteiger partial charge < -0.3 is 10.1 Å². The van der Waals surface area contributed by atoms with Gasteiger partial charge in [0, 0.05) is 23.2 Å². The molecule has 4 rings (SSSR count). The first-order valence-electron chi connectivity index (χ1n) is 10.9. The molecule has 1 fully saturated rings. The number of nitrogens with zero attached hydrogens (tertiary/aromatic N) is 1. The molecule has 1 aliphatic rings. The van der Waals surface area contributed by atoms with Crippen LogP contribution in [0.4, 0.5) is 0 Å². The second-order valence-corrected chi connectivity index (χ2v) is 8.47. The second-order valence-electron chi connectivity index (χ2n) is 8.47. The summed E-state index contributed by atoms with van der Waals surface area (Å²) in [5.41, 5.74) is 3.87. The molecular formula is C25H32N2O. The normalized spacial score (nSPS) is 16.7. The lowest BCUT2D eigenvalue weighted by atomic mass is 9.83. The van der Waals surface area contributed by atoms with E-state index in [4.69, 9.17) is 0 Å². The van der Waals surface area contributed by atoms with E-state index < -0.39 is 5.60 Å². The number of fused-ring (bicyclic) bond motifs is 1. The molecule has 0 saturated heterocycles. The van der Waals surface area contributed by atoms with Crippen molar-refractivity contribution in [3.05, 3.63) is 65.5 Å². The molecule has 3 heteroatoms. The van der Waals surface area contributed by atoms with Crippen molar-refractivity contribution in [1.29, 1.82) is 0 Å². The third-order valence-electron chi connectivity index (χ3n) is 6.85. The van der Waals surface area contributed by atoms with Gasteiger partial charge in [0.1, 0.15) is 5.65 Å². The van der Waals surface area contributed by atoms with E-state index in [1.165, 1.54) is 48.7 Å². The third-order valence-corrected chi connectivity index (χ3v) is 6.85. The van der Waals surface area contributed by atoms with E-state index in [9.17, 15) is 5.11 Å². The van der Waals surface area contributed by atoms with Crippen molar-refractivity contribution >= 4 is 11.0 Å². The maximum absolute atomic E-state index is 10.9. The Morgan fingerprint density at radius 2 is 1.82 bits per heavy atom. The molecule has 28 heavy (non-hydrogen) atoms. The van der Waals surface area contributed by atoms with Gasteiger partial charge in [-0.05, 0) is 54.5 Å². The summed E-state index contributed by atoms with van der Waals surface area (Å²) in [7, 11) is 0. The highest BCUT2D eigenvalue weighted by atomic mass is 16.3. The molecule has 2 heterocycles. The highest BCUT2D eigenvalue weighted by Crippen LogP contribution is 2.39. The van der Waals surface area contributed by atoms with Crippen LogP contribution in [0.25, 0.3) is 11.0 Å². The number of nitrogens with one attached hydrogen (secondary N) is 1. The lowest BCUT2D eigenvalue weighted by Gasteiger charge is -2.27. The van der Waals surface area contributed by atoms with E-state index in [1.807, 2.05) is 12.3 Å². The fraction of sp³-hybridized carbons (Fsp3) is 0.480. The molecule has 1 atom stereocenters. The number of H-pyrrole nitrogens is 1. The Hall–Kier alpha value is -2.13. The van der Waals surface area contributed by atoms with Crippen LogP contribution in [0.2, 0.25) is 0 Å². The van der Waals surface area contributed by atoms with Gasteiger partial charge in [0.2, 0.25) is 0 Å². The quantitative estimate of drug-likeness (QED) is 0.509. The van der Waals surface area contributed by atoms with Gasteiger partial charge >= 0.3 is 0 Å². The molecule has 1 aromatic carbocycles. The molecule has 1 saturated carbocycles. The SMILES string of the molecule is CCC(O)(CC)c1ccc([C@@H](CC2CCCC2)c2cc3cccnc3[nH]2)cc1. The maximum atomic E-state index is 10.9. The van der Waals surface area contributed by atoms with E-state index in [-0.39, 0.29) is 0 Å². The summed E-state index contributed by atoms with van der Waals surface area (Å²) in [5, 5.41) is 12.0. The van der Waals surface area contributed by atoms with Crippen molar-refractivity contribution in [3.8, 4) is 0 Å². The Kier molecular flexibility index (Phi) is 5.54. The standard InChI is InChI=1S/C25H32N2O/c1-3-25(28,4-2)21-13-11-19(12-14-21)22(16-18-8-5-6-9-18)23-17-20-10-7-15-26-24(20)27-23/h7,10-15,17-18,22,28H,3-6,8-9,16H2,1-2H3,(H,26,27)/t22-/m1/s1. The van der Waals surface area contributed by atoms with Crippen LogP contribution in [0.1, 0.15) is 81.5 Å². The summed E-state index contributed by atoms with van der Waals surface area (Å²) in [6, 6.07) is 15.1. The van der Waals surface area contributed by atoms with Crippen LogP contribution in [0, 0.1) is 5.92 Å². The van der Waals surface area contributed by atoms with Crippen molar-refractivity contribution in [2.24, 2.45) is 5.92 Å². The molecule has 0 aliphatic heterocycles. The zero-order chi connectivity index (χ0) is 19.6. The third kappa shape index (κ3) is 3.73. The van der Waals surface area contributed by atoms with E-state index in [0.717, 1.165) is 30.0 Å². The minimum atomic E-state index is -0.718. The van der Waals surface area contributed by atoms with Crippen molar-refractivity contribution in [1.82, 2.24) is 9.97 Å². The van der Waals surface area contributed by atoms with E-state index in [1.54, 1.807) is 0 Å². The first-order valence-corrected chi connectivity index (χ1v) is 10.9. The molecule has 0 bridgehead atoms. The Balaban J connectivity index is 1.68. The highest BCUT2D eigenvalue weighted by molar-refractivity contribution is 5.76. The topological polar surface area (TPSA) is 48.9 Å². The number of aromatic nitrogens is 2. The molecule has 0 amide bonds. The summed E-state index contributed by atoms with van der Waals surface area (Å²) in [6.07, 6.45) is 9.92. The number of rotatable bonds is 7. The first-order chi connectivity index (χ1) is 13.6. The summed E-state index contributed by atoms with van der Waals surface area (Å²) < 4.78 is 0. The van der Waals surface area contributed by atoms with Gasteiger partial charge in [0.15, 0.2) is 0 Å². The molecule has 0 spiro atoms. The number of aliphatic hydroxyl groups is 1. The Bertz CT molecular complexity index is 869. The average Bonchev–Trinajstić information content (AvgIpc) is 3.41. The number of hydrogen-bond acceptors (Lipinski definition) is 2. The highest BCUT2D eigenvalue weighted by Gasteiger charge is 2.27. The minimum absolute atomic E-state index is 0.350. The van der Waals surface area contributed by atoms with Crippen molar-refractivity contribution in [2.75, 3.05) is 0 Å². The summed E-state index contributed by atoms with van der Waals surface area (Å²) in [6.45, 7) is 4.11. The molecule has 3 nitrogen and oxygen atoms in total. The molecule has 0 unspecified atom stereocenters. The number of pyridine rings is 1. The van der Waals surface area contributed by atoms with Crippen molar-refractivity contribution in [3.63, 3.8) is 0 Å². The minimum Gasteiger partial charge on any atom is -0.385 e. The molecule has 0 radical (unpaired) electrons. The molecule has 2 aromatic heterocycles. The van der Waals surface area contributed by atoms with Crippen LogP contribution in [-0.4, -0.2) is 15.1 Å². The molecule has 2 N–H and O–H groups in total. The number of hydrogen-bond donors (Lipinski definition) is 2. The van der Waals surface area contributed by atoms with E-state index in [0.29, 0.717) is 5.92 Å². The zero-order valence-electron chi connectivity index (χ0n) is 17.1. The van der Waals surface area contributed by atoms with Crippen LogP contribution in [-0.2, 0) is 5.60 Å². The number of aromatic amines is 1. The fourth-order valence-corrected chi connectivity index (χ4v) is 4.87. The smallest absolute Gasteiger partial charge is 0.137 e. The van der Waals surface area contributed by atoms with Gasteiger partial charge in [0.25, 0.3) is 0 Å². The maximum Gasteiger partial charge on any atom is 0.137 e. The lowest BCUT2D eigenvalue weighted by molar-refractivity contribution is 0.0283. The average molecular weight is 377 g/mol. The fourth-order valence-electron chi connectivity index (χ4n) is 4.87. The summed E-state index contributed by atoms with van der Waals surface area (Å²) >= 11 is 0. The molecule has 1 aliphatic carbocycles. The van der Waals surface area contributed by atoms with Gasteiger partial charge in [-0.3, -0.25) is 0 Å². The predicted molar refractivity (Wildman–Crippen MR) is 115 cm³/mol. The Labute approximate surface area is 168 Å². The number of benzene rings is 1. The van der Waals surface area contributed by atoms with Gasteiger partial charge in [-0.25, -0.2) is 4.98 Å². The van der Waals surface area contributed by atoms with Gasteiger partial charge in [0.05, 0.1) is 5.60 Å². The van der Waals surface area contributed by atoms with Gasteiger partial charge in [-0.15, -0.1) is 0 Å². The van der Waals surface area contributed by atoms with Crippen molar-refractivity contribution in [2.45, 2.75) is 70.3 Å². The molecular weight excluding hydrogens is 344 g/mol. The molecule has 148 valence electrons. The van der Waals surface area contributed by atoms with Crippen LogP contribution in [0.3, 0.4) is 0 Å². The second kappa shape index (κ2) is 8.08. The monoisotopic (exact) mass is 376 g/mol. The first kappa shape index (κ1) is 19.2. The van der Waals surface area contributed by atoms with Crippen LogP contribution >= 0.6 is 0 Å². The summed E-state index contributed by atoms with van der Waals surface area (Å²) in [5.74, 6) is 1.15. The summed E-state index contributed by atoms with van der Waals surface area (Å²) in [4.78, 5) is 8.06. The van der Waals surface area contributed by atoms with Crippen LogP contribution in [0.5, 0.6) is 0 Å².